The van der Waals surface area contributed by atoms with E-state index in [9.17, 15) is 18.4 Å². The molecule has 0 radical (unpaired) electrons. The summed E-state index contributed by atoms with van der Waals surface area (Å²) in [6, 6.07) is 6.01. The van der Waals surface area contributed by atoms with Gasteiger partial charge in [-0.25, -0.2) is 13.6 Å². The van der Waals surface area contributed by atoms with Gasteiger partial charge in [-0.3, -0.25) is 4.79 Å². The van der Waals surface area contributed by atoms with Crippen LogP contribution in [0, 0.1) is 11.6 Å². The summed E-state index contributed by atoms with van der Waals surface area (Å²) in [5.41, 5.74) is -0.416. The highest BCUT2D eigenvalue weighted by atomic mass is 32.1. The molecule has 7 heteroatoms. The number of amides is 1. The van der Waals surface area contributed by atoms with E-state index in [1.807, 2.05) is 17.5 Å². The molecule has 2 aromatic rings. The number of carbonyl (C=O) groups excluding carboxylic acids is 2. The van der Waals surface area contributed by atoms with Crippen molar-refractivity contribution >= 4 is 23.2 Å². The second kappa shape index (κ2) is 7.13. The van der Waals surface area contributed by atoms with Gasteiger partial charge in [0.1, 0.15) is 11.6 Å². The number of esters is 1. The number of hydrogen-bond acceptors (Lipinski definition) is 4. The van der Waals surface area contributed by atoms with Crippen molar-refractivity contribution in [3.63, 3.8) is 0 Å². The molecule has 0 aliphatic heterocycles. The maximum atomic E-state index is 13.4. The minimum absolute atomic E-state index is 0.214. The Morgan fingerprint density at radius 1 is 1.32 bits per heavy atom. The number of rotatable bonds is 5. The number of halogens is 2. The van der Waals surface area contributed by atoms with E-state index in [1.54, 1.807) is 6.92 Å². The van der Waals surface area contributed by atoms with Crippen LogP contribution in [0.1, 0.15) is 28.2 Å². The molecule has 1 amide bonds. The van der Waals surface area contributed by atoms with Crippen molar-refractivity contribution in [3.05, 3.63) is 57.8 Å². The van der Waals surface area contributed by atoms with E-state index in [2.05, 4.69) is 5.32 Å². The Morgan fingerprint density at radius 3 is 2.73 bits per heavy atom. The SMILES string of the molecule is C[C@H](NC(=O)COC(=O)c1ccc(F)cc1F)c1cccs1. The van der Waals surface area contributed by atoms with E-state index in [1.165, 1.54) is 11.3 Å². The van der Waals surface area contributed by atoms with Gasteiger partial charge >= 0.3 is 5.97 Å². The Morgan fingerprint density at radius 2 is 2.09 bits per heavy atom. The molecule has 0 unspecified atom stereocenters. The first-order valence-electron chi connectivity index (χ1n) is 6.42. The molecule has 1 aromatic heterocycles. The largest absolute Gasteiger partial charge is 0.452 e. The summed E-state index contributed by atoms with van der Waals surface area (Å²) in [4.78, 5) is 24.3. The fourth-order valence-corrected chi connectivity index (χ4v) is 2.49. The van der Waals surface area contributed by atoms with Gasteiger partial charge in [0.05, 0.1) is 11.6 Å². The molecule has 22 heavy (non-hydrogen) atoms. The fourth-order valence-electron chi connectivity index (χ4n) is 1.76. The first kappa shape index (κ1) is 16.1. The smallest absolute Gasteiger partial charge is 0.341 e. The zero-order valence-corrected chi connectivity index (χ0v) is 12.5. The lowest BCUT2D eigenvalue weighted by Crippen LogP contribution is -2.30. The van der Waals surface area contributed by atoms with E-state index in [0.717, 1.165) is 17.0 Å². The number of nitrogens with one attached hydrogen (secondary N) is 1. The van der Waals surface area contributed by atoms with Crippen molar-refractivity contribution in [1.29, 1.82) is 0 Å². The van der Waals surface area contributed by atoms with Crippen LogP contribution in [-0.4, -0.2) is 18.5 Å². The van der Waals surface area contributed by atoms with Gasteiger partial charge in [-0.1, -0.05) is 6.07 Å². The fraction of sp³-hybridized carbons (Fsp3) is 0.200. The van der Waals surface area contributed by atoms with Crippen molar-refractivity contribution in [3.8, 4) is 0 Å². The molecular weight excluding hydrogens is 312 g/mol. The summed E-state index contributed by atoms with van der Waals surface area (Å²) in [6.07, 6.45) is 0. The third-order valence-electron chi connectivity index (χ3n) is 2.83. The second-order valence-electron chi connectivity index (χ2n) is 4.50. The van der Waals surface area contributed by atoms with Gasteiger partial charge in [-0.15, -0.1) is 11.3 Å². The summed E-state index contributed by atoms with van der Waals surface area (Å²) in [7, 11) is 0. The Balaban J connectivity index is 1.86. The molecule has 4 nitrogen and oxygen atoms in total. The van der Waals surface area contributed by atoms with Gasteiger partial charge in [0, 0.05) is 10.9 Å². The number of ether oxygens (including phenoxy) is 1. The summed E-state index contributed by atoms with van der Waals surface area (Å²) in [6.45, 7) is 1.26. The normalized spacial score (nSPS) is 11.8. The third kappa shape index (κ3) is 4.11. The summed E-state index contributed by atoms with van der Waals surface area (Å²) >= 11 is 1.49. The van der Waals surface area contributed by atoms with Crippen LogP contribution in [0.3, 0.4) is 0 Å². The van der Waals surface area contributed by atoms with Crippen LogP contribution in [-0.2, 0) is 9.53 Å². The van der Waals surface area contributed by atoms with E-state index < -0.39 is 35.7 Å². The summed E-state index contributed by atoms with van der Waals surface area (Å²) in [5.74, 6) is -3.35. The quantitative estimate of drug-likeness (QED) is 0.860. The first-order valence-corrected chi connectivity index (χ1v) is 7.30. The highest BCUT2D eigenvalue weighted by Crippen LogP contribution is 2.17. The second-order valence-corrected chi connectivity index (χ2v) is 5.48. The van der Waals surface area contributed by atoms with E-state index in [4.69, 9.17) is 4.74 Å². The molecule has 0 saturated heterocycles. The molecule has 1 aromatic carbocycles. The molecule has 1 heterocycles. The number of thiophene rings is 1. The molecule has 116 valence electrons. The lowest BCUT2D eigenvalue weighted by atomic mass is 10.2. The first-order chi connectivity index (χ1) is 10.5. The zero-order valence-electron chi connectivity index (χ0n) is 11.6. The average molecular weight is 325 g/mol. The van der Waals surface area contributed by atoms with Crippen LogP contribution in [0.2, 0.25) is 0 Å². The van der Waals surface area contributed by atoms with Crippen molar-refractivity contribution in [2.75, 3.05) is 6.61 Å². The van der Waals surface area contributed by atoms with Gasteiger partial charge in [0.2, 0.25) is 0 Å². The third-order valence-corrected chi connectivity index (χ3v) is 3.89. The van der Waals surface area contributed by atoms with Gasteiger partial charge < -0.3 is 10.1 Å². The van der Waals surface area contributed by atoms with Crippen molar-refractivity contribution < 1.29 is 23.1 Å². The Kier molecular flexibility index (Phi) is 5.21. The highest BCUT2D eigenvalue weighted by molar-refractivity contribution is 7.10. The predicted octanol–water partition coefficient (Wildman–Crippen LogP) is 3.06. The maximum absolute atomic E-state index is 13.4. The topological polar surface area (TPSA) is 55.4 Å². The van der Waals surface area contributed by atoms with Crippen LogP contribution in [0.15, 0.2) is 35.7 Å². The Labute approximate surface area is 129 Å². The molecule has 0 saturated carbocycles. The molecule has 0 aliphatic carbocycles. The van der Waals surface area contributed by atoms with Gasteiger partial charge in [-0.2, -0.15) is 0 Å². The van der Waals surface area contributed by atoms with Crippen LogP contribution in [0.5, 0.6) is 0 Å². The van der Waals surface area contributed by atoms with E-state index >= 15 is 0 Å². The van der Waals surface area contributed by atoms with Crippen molar-refractivity contribution in [1.82, 2.24) is 5.32 Å². The molecule has 1 atom stereocenters. The summed E-state index contributed by atoms with van der Waals surface area (Å²) < 4.78 is 30.8. The molecule has 2 rings (SSSR count). The van der Waals surface area contributed by atoms with Crippen LogP contribution < -0.4 is 5.32 Å². The predicted molar refractivity (Wildman–Crippen MR) is 77.5 cm³/mol. The molecule has 0 aliphatic rings. The van der Waals surface area contributed by atoms with Crippen molar-refractivity contribution in [2.24, 2.45) is 0 Å². The standard InChI is InChI=1S/C15H13F2NO3S/c1-9(13-3-2-6-22-13)18-14(19)8-21-15(20)11-5-4-10(16)7-12(11)17/h2-7,9H,8H2,1H3,(H,18,19)/t9-/m0/s1. The lowest BCUT2D eigenvalue weighted by molar-refractivity contribution is -0.124. The number of carbonyl (C=O) groups is 2. The molecular formula is C15H13F2NO3S. The Hall–Kier alpha value is -2.28. The van der Waals surface area contributed by atoms with E-state index in [0.29, 0.717) is 6.07 Å². The van der Waals surface area contributed by atoms with Gasteiger partial charge in [0.25, 0.3) is 5.91 Å². The maximum Gasteiger partial charge on any atom is 0.341 e. The van der Waals surface area contributed by atoms with Gasteiger partial charge in [0.15, 0.2) is 6.61 Å². The number of hydrogen-bond donors (Lipinski definition) is 1. The molecule has 0 spiro atoms. The van der Waals surface area contributed by atoms with Gasteiger partial charge in [-0.05, 0) is 30.5 Å². The van der Waals surface area contributed by atoms with Crippen LogP contribution >= 0.6 is 11.3 Å². The molecule has 0 bridgehead atoms. The number of benzene rings is 1. The average Bonchev–Trinajstić information content (AvgIpc) is 2.99. The molecule has 0 fully saturated rings. The lowest BCUT2D eigenvalue weighted by Gasteiger charge is -2.12. The zero-order chi connectivity index (χ0) is 16.1. The molecule has 1 N–H and O–H groups in total. The van der Waals surface area contributed by atoms with Crippen LogP contribution in [0.25, 0.3) is 0 Å². The summed E-state index contributed by atoms with van der Waals surface area (Å²) in [5, 5.41) is 4.54. The van der Waals surface area contributed by atoms with Crippen LogP contribution in [0.4, 0.5) is 8.78 Å². The minimum Gasteiger partial charge on any atom is -0.452 e. The van der Waals surface area contributed by atoms with E-state index in [-0.39, 0.29) is 6.04 Å². The Bertz CT molecular complexity index is 673. The monoisotopic (exact) mass is 325 g/mol. The highest BCUT2D eigenvalue weighted by Gasteiger charge is 2.16. The minimum atomic E-state index is -1.03. The van der Waals surface area contributed by atoms with Crippen molar-refractivity contribution in [2.45, 2.75) is 13.0 Å².